The molecule has 0 radical (unpaired) electrons. The van der Waals surface area contributed by atoms with Crippen LogP contribution in [-0.4, -0.2) is 44.9 Å². The van der Waals surface area contributed by atoms with Gasteiger partial charge in [0, 0.05) is 24.5 Å². The summed E-state index contributed by atoms with van der Waals surface area (Å²) in [4.78, 5) is 14.3. The number of rotatable bonds is 5. The zero-order valence-electron chi connectivity index (χ0n) is 12.0. The smallest absolute Gasteiger partial charge is 0.239 e. The van der Waals surface area contributed by atoms with Crippen LogP contribution in [0.4, 0.5) is 5.82 Å². The standard InChI is InChI=1S/C14H19N5O2/c1-11-8-13(17-21-11)16-14(20)10-18-6-2-4-12(18)9-19-7-3-5-15-19/h3,5,7-8,12H,2,4,6,9-10H2,1H3,(H,16,17,20)/t12-/m1/s1. The summed E-state index contributed by atoms with van der Waals surface area (Å²) in [6, 6.07) is 3.98. The van der Waals surface area contributed by atoms with Crippen molar-refractivity contribution in [2.24, 2.45) is 0 Å². The van der Waals surface area contributed by atoms with E-state index in [1.807, 2.05) is 16.9 Å². The van der Waals surface area contributed by atoms with Gasteiger partial charge >= 0.3 is 0 Å². The molecule has 0 bridgehead atoms. The molecule has 1 aliphatic heterocycles. The Morgan fingerprint density at radius 2 is 2.48 bits per heavy atom. The minimum Gasteiger partial charge on any atom is -0.360 e. The lowest BCUT2D eigenvalue weighted by Crippen LogP contribution is -2.39. The molecular formula is C14H19N5O2. The van der Waals surface area contributed by atoms with Gasteiger partial charge in [0.25, 0.3) is 0 Å². The summed E-state index contributed by atoms with van der Waals surface area (Å²) in [7, 11) is 0. The molecule has 2 aromatic rings. The zero-order valence-corrected chi connectivity index (χ0v) is 12.0. The molecule has 112 valence electrons. The second-order valence-electron chi connectivity index (χ2n) is 5.37. The van der Waals surface area contributed by atoms with Crippen molar-refractivity contribution >= 4 is 11.7 Å². The van der Waals surface area contributed by atoms with Crippen LogP contribution in [0, 0.1) is 6.92 Å². The van der Waals surface area contributed by atoms with Crippen LogP contribution in [0.15, 0.2) is 29.0 Å². The van der Waals surface area contributed by atoms with Crippen molar-refractivity contribution in [3.63, 3.8) is 0 Å². The van der Waals surface area contributed by atoms with Gasteiger partial charge in [0.05, 0.1) is 13.1 Å². The highest BCUT2D eigenvalue weighted by atomic mass is 16.5. The number of anilines is 1. The third kappa shape index (κ3) is 3.49. The maximum Gasteiger partial charge on any atom is 0.239 e. The molecule has 7 heteroatoms. The van der Waals surface area contributed by atoms with Gasteiger partial charge in [-0.25, -0.2) is 0 Å². The summed E-state index contributed by atoms with van der Waals surface area (Å²) >= 11 is 0. The van der Waals surface area contributed by atoms with Gasteiger partial charge in [-0.1, -0.05) is 5.16 Å². The largest absolute Gasteiger partial charge is 0.360 e. The van der Waals surface area contributed by atoms with E-state index in [-0.39, 0.29) is 5.91 Å². The second kappa shape index (κ2) is 6.09. The normalized spacial score (nSPS) is 19.0. The fourth-order valence-electron chi connectivity index (χ4n) is 2.73. The van der Waals surface area contributed by atoms with Crippen LogP contribution in [0.2, 0.25) is 0 Å². The Bertz CT molecular complexity index is 592. The van der Waals surface area contributed by atoms with Gasteiger partial charge in [-0.2, -0.15) is 5.10 Å². The van der Waals surface area contributed by atoms with Gasteiger partial charge in [-0.15, -0.1) is 0 Å². The first-order valence-corrected chi connectivity index (χ1v) is 7.15. The molecule has 1 fully saturated rings. The van der Waals surface area contributed by atoms with Crippen LogP contribution in [0.5, 0.6) is 0 Å². The second-order valence-corrected chi connectivity index (χ2v) is 5.37. The van der Waals surface area contributed by atoms with E-state index in [2.05, 4.69) is 20.5 Å². The highest BCUT2D eigenvalue weighted by Gasteiger charge is 2.26. The minimum atomic E-state index is -0.0596. The van der Waals surface area contributed by atoms with Crippen LogP contribution in [0.1, 0.15) is 18.6 Å². The third-order valence-electron chi connectivity index (χ3n) is 3.70. The van der Waals surface area contributed by atoms with E-state index in [1.54, 1.807) is 19.2 Å². The first-order valence-electron chi connectivity index (χ1n) is 7.15. The fourth-order valence-corrected chi connectivity index (χ4v) is 2.73. The predicted octanol–water partition coefficient (Wildman–Crippen LogP) is 1.28. The lowest BCUT2D eigenvalue weighted by atomic mass is 10.2. The number of amides is 1. The highest BCUT2D eigenvalue weighted by Crippen LogP contribution is 2.18. The minimum absolute atomic E-state index is 0.0596. The number of hydrogen-bond donors (Lipinski definition) is 1. The Hall–Kier alpha value is -2.15. The third-order valence-corrected chi connectivity index (χ3v) is 3.70. The number of nitrogens with one attached hydrogen (secondary N) is 1. The van der Waals surface area contributed by atoms with Gasteiger partial charge in [-0.05, 0) is 32.4 Å². The Morgan fingerprint density at radius 1 is 1.57 bits per heavy atom. The summed E-state index contributed by atoms with van der Waals surface area (Å²) in [6.45, 7) is 3.93. The van der Waals surface area contributed by atoms with Gasteiger partial charge in [0.1, 0.15) is 5.76 Å². The number of hydrogen-bond acceptors (Lipinski definition) is 5. The molecule has 0 saturated carbocycles. The number of nitrogens with zero attached hydrogens (tertiary/aromatic N) is 4. The van der Waals surface area contributed by atoms with Crippen molar-refractivity contribution in [2.75, 3.05) is 18.4 Å². The molecule has 1 amide bonds. The van der Waals surface area contributed by atoms with Crippen molar-refractivity contribution in [3.05, 3.63) is 30.3 Å². The quantitative estimate of drug-likeness (QED) is 0.897. The molecular weight excluding hydrogens is 270 g/mol. The summed E-state index contributed by atoms with van der Waals surface area (Å²) in [5.74, 6) is 1.10. The average Bonchev–Trinajstić information content (AvgIpc) is 3.15. The number of likely N-dealkylation sites (tertiary alicyclic amines) is 1. The number of carbonyl (C=O) groups excluding carboxylic acids is 1. The Balaban J connectivity index is 1.54. The molecule has 1 aliphatic rings. The van der Waals surface area contributed by atoms with E-state index in [9.17, 15) is 4.79 Å². The van der Waals surface area contributed by atoms with Gasteiger partial charge in [0.15, 0.2) is 5.82 Å². The lowest BCUT2D eigenvalue weighted by molar-refractivity contribution is -0.117. The summed E-state index contributed by atoms with van der Waals surface area (Å²) in [6.07, 6.45) is 5.94. The number of carbonyl (C=O) groups is 1. The van der Waals surface area contributed by atoms with E-state index in [4.69, 9.17) is 4.52 Å². The molecule has 0 spiro atoms. The molecule has 2 aromatic heterocycles. The zero-order chi connectivity index (χ0) is 14.7. The molecule has 3 rings (SSSR count). The summed E-state index contributed by atoms with van der Waals surface area (Å²) < 4.78 is 6.86. The first kappa shape index (κ1) is 13.8. The molecule has 1 N–H and O–H groups in total. The molecule has 3 heterocycles. The Labute approximate surface area is 122 Å². The van der Waals surface area contributed by atoms with E-state index in [1.165, 1.54) is 0 Å². The van der Waals surface area contributed by atoms with Crippen LogP contribution in [0.3, 0.4) is 0 Å². The molecule has 1 atom stereocenters. The molecule has 0 unspecified atom stereocenters. The van der Waals surface area contributed by atoms with Crippen molar-refractivity contribution in [2.45, 2.75) is 32.4 Å². The molecule has 1 saturated heterocycles. The summed E-state index contributed by atoms with van der Waals surface area (Å²) in [5.41, 5.74) is 0. The monoisotopic (exact) mass is 289 g/mol. The van der Waals surface area contributed by atoms with Crippen molar-refractivity contribution in [1.29, 1.82) is 0 Å². The van der Waals surface area contributed by atoms with Crippen molar-refractivity contribution in [1.82, 2.24) is 19.8 Å². The lowest BCUT2D eigenvalue weighted by Gasteiger charge is -2.23. The Kier molecular flexibility index (Phi) is 4.01. The maximum atomic E-state index is 12.1. The van der Waals surface area contributed by atoms with E-state index in [0.29, 0.717) is 24.2 Å². The maximum absolute atomic E-state index is 12.1. The van der Waals surface area contributed by atoms with Gasteiger partial charge in [-0.3, -0.25) is 14.4 Å². The topological polar surface area (TPSA) is 76.2 Å². The molecule has 0 aliphatic carbocycles. The van der Waals surface area contributed by atoms with Crippen molar-refractivity contribution in [3.8, 4) is 0 Å². The molecule has 0 aromatic carbocycles. The summed E-state index contributed by atoms with van der Waals surface area (Å²) in [5, 5.41) is 10.8. The molecule has 7 nitrogen and oxygen atoms in total. The first-order chi connectivity index (χ1) is 10.2. The van der Waals surface area contributed by atoms with Gasteiger partial charge in [0.2, 0.25) is 5.91 Å². The fraction of sp³-hybridized carbons (Fsp3) is 0.500. The van der Waals surface area contributed by atoms with Crippen molar-refractivity contribution < 1.29 is 9.32 Å². The van der Waals surface area contributed by atoms with Crippen LogP contribution in [-0.2, 0) is 11.3 Å². The van der Waals surface area contributed by atoms with E-state index in [0.717, 1.165) is 25.9 Å². The van der Waals surface area contributed by atoms with Gasteiger partial charge < -0.3 is 9.84 Å². The predicted molar refractivity (Wildman–Crippen MR) is 76.7 cm³/mol. The van der Waals surface area contributed by atoms with Crippen LogP contribution in [0.25, 0.3) is 0 Å². The number of aromatic nitrogens is 3. The molecule has 21 heavy (non-hydrogen) atoms. The number of aryl methyl sites for hydroxylation is 1. The van der Waals surface area contributed by atoms with E-state index >= 15 is 0 Å². The van der Waals surface area contributed by atoms with E-state index < -0.39 is 0 Å². The average molecular weight is 289 g/mol. The Morgan fingerprint density at radius 3 is 3.19 bits per heavy atom. The van der Waals surface area contributed by atoms with Crippen LogP contribution < -0.4 is 5.32 Å². The van der Waals surface area contributed by atoms with Crippen LogP contribution >= 0.6 is 0 Å². The highest BCUT2D eigenvalue weighted by molar-refractivity contribution is 5.91. The SMILES string of the molecule is Cc1cc(NC(=O)CN2CCC[C@@H]2Cn2cccn2)no1.